The number of aliphatic carboxylic acids is 1. The van der Waals surface area contributed by atoms with Gasteiger partial charge < -0.3 is 25.4 Å². The molecule has 0 aliphatic carbocycles. The van der Waals surface area contributed by atoms with Crippen LogP contribution in [0.5, 0.6) is 11.5 Å². The molecule has 2 aromatic carbocycles. The summed E-state index contributed by atoms with van der Waals surface area (Å²) in [6.07, 6.45) is -5.28. The zero-order valence-corrected chi connectivity index (χ0v) is 15.6. The van der Waals surface area contributed by atoms with Gasteiger partial charge in [0.25, 0.3) is 0 Å². The van der Waals surface area contributed by atoms with Crippen LogP contribution < -0.4 is 10.1 Å². The lowest BCUT2D eigenvalue weighted by atomic mass is 10.0. The maximum Gasteiger partial charge on any atom is 0.419 e. The zero-order valence-electron chi connectivity index (χ0n) is 15.6. The van der Waals surface area contributed by atoms with Crippen LogP contribution in [0.25, 0.3) is 0 Å². The SMILES string of the molecule is C[C@H](NCCc1ccc(OCC(=O)O)c(C(F)(F)F)c1)[C@H](O)c1ccc(O)cc1. The molecule has 158 valence electrons. The molecule has 0 aliphatic rings. The number of hydrogen-bond donors (Lipinski definition) is 4. The van der Waals surface area contributed by atoms with E-state index in [-0.39, 0.29) is 18.2 Å². The van der Waals surface area contributed by atoms with Gasteiger partial charge in [-0.25, -0.2) is 4.79 Å². The fourth-order valence-electron chi connectivity index (χ4n) is 2.74. The molecule has 0 heterocycles. The quantitative estimate of drug-likeness (QED) is 0.504. The van der Waals surface area contributed by atoms with Gasteiger partial charge >= 0.3 is 12.1 Å². The second-order valence-corrected chi connectivity index (χ2v) is 6.54. The third kappa shape index (κ3) is 6.65. The molecule has 0 radical (unpaired) electrons. The van der Waals surface area contributed by atoms with Crippen LogP contribution in [0, 0.1) is 0 Å². The lowest BCUT2D eigenvalue weighted by Crippen LogP contribution is -2.33. The average molecular weight is 413 g/mol. The Hall–Kier alpha value is -2.78. The van der Waals surface area contributed by atoms with E-state index < -0.39 is 36.2 Å². The lowest BCUT2D eigenvalue weighted by molar-refractivity contribution is -0.143. The number of carbonyl (C=O) groups is 1. The van der Waals surface area contributed by atoms with E-state index in [0.29, 0.717) is 17.7 Å². The summed E-state index contributed by atoms with van der Waals surface area (Å²) in [5, 5.41) is 31.2. The Bertz CT molecular complexity index is 824. The molecular weight excluding hydrogens is 391 g/mol. The van der Waals surface area contributed by atoms with Crippen molar-refractivity contribution < 1.29 is 38.0 Å². The van der Waals surface area contributed by atoms with Gasteiger partial charge in [-0.3, -0.25) is 0 Å². The number of phenols is 1. The van der Waals surface area contributed by atoms with E-state index in [1.54, 1.807) is 19.1 Å². The molecule has 2 atom stereocenters. The normalized spacial score (nSPS) is 13.7. The van der Waals surface area contributed by atoms with Crippen LogP contribution in [-0.4, -0.2) is 40.5 Å². The Balaban J connectivity index is 1.99. The van der Waals surface area contributed by atoms with E-state index in [1.165, 1.54) is 18.2 Å². The van der Waals surface area contributed by atoms with Gasteiger partial charge in [0.05, 0.1) is 11.7 Å². The summed E-state index contributed by atoms with van der Waals surface area (Å²) >= 11 is 0. The zero-order chi connectivity index (χ0) is 21.6. The van der Waals surface area contributed by atoms with Gasteiger partial charge in [0, 0.05) is 6.04 Å². The van der Waals surface area contributed by atoms with E-state index in [0.717, 1.165) is 12.1 Å². The fraction of sp³-hybridized carbons (Fsp3) is 0.350. The first kappa shape index (κ1) is 22.5. The number of phenolic OH excluding ortho intramolecular Hbond substituents is 1. The van der Waals surface area contributed by atoms with Crippen molar-refractivity contribution in [1.82, 2.24) is 5.32 Å². The number of carboxylic acid groups (broad SMARTS) is 1. The topological polar surface area (TPSA) is 99.0 Å². The van der Waals surface area contributed by atoms with E-state index in [2.05, 4.69) is 5.32 Å². The van der Waals surface area contributed by atoms with Gasteiger partial charge in [0.2, 0.25) is 0 Å². The molecule has 0 aromatic heterocycles. The van der Waals surface area contributed by atoms with Crippen molar-refractivity contribution in [2.24, 2.45) is 0 Å². The highest BCUT2D eigenvalue weighted by atomic mass is 19.4. The van der Waals surface area contributed by atoms with Crippen LogP contribution >= 0.6 is 0 Å². The summed E-state index contributed by atoms with van der Waals surface area (Å²) in [4.78, 5) is 10.5. The molecule has 0 saturated carbocycles. The fourth-order valence-corrected chi connectivity index (χ4v) is 2.74. The summed E-state index contributed by atoms with van der Waals surface area (Å²) in [7, 11) is 0. The van der Waals surface area contributed by atoms with E-state index in [4.69, 9.17) is 9.84 Å². The minimum absolute atomic E-state index is 0.0813. The van der Waals surface area contributed by atoms with Crippen LogP contribution in [0.15, 0.2) is 42.5 Å². The molecule has 0 aliphatic heterocycles. The van der Waals surface area contributed by atoms with Gasteiger partial charge in [0.1, 0.15) is 11.5 Å². The van der Waals surface area contributed by atoms with Crippen molar-refractivity contribution in [3.63, 3.8) is 0 Å². The summed E-state index contributed by atoms with van der Waals surface area (Å²) in [6, 6.07) is 9.19. The molecule has 0 spiro atoms. The minimum Gasteiger partial charge on any atom is -0.508 e. The first-order valence-electron chi connectivity index (χ1n) is 8.83. The van der Waals surface area contributed by atoms with Crippen molar-refractivity contribution in [1.29, 1.82) is 0 Å². The summed E-state index contributed by atoms with van der Waals surface area (Å²) in [6.45, 7) is 1.18. The number of carboxylic acids is 1. The van der Waals surface area contributed by atoms with Crippen molar-refractivity contribution in [3.05, 3.63) is 59.2 Å². The number of rotatable bonds is 9. The number of benzene rings is 2. The summed E-state index contributed by atoms with van der Waals surface area (Å²) in [5.74, 6) is -1.82. The van der Waals surface area contributed by atoms with Gasteiger partial charge in [-0.05, 0) is 55.3 Å². The Kier molecular flexibility index (Phi) is 7.46. The summed E-state index contributed by atoms with van der Waals surface area (Å²) < 4.78 is 44.4. The largest absolute Gasteiger partial charge is 0.508 e. The highest BCUT2D eigenvalue weighted by Gasteiger charge is 2.34. The molecule has 0 fully saturated rings. The third-order valence-corrected chi connectivity index (χ3v) is 4.29. The van der Waals surface area contributed by atoms with Crippen molar-refractivity contribution in [2.45, 2.75) is 31.7 Å². The molecule has 0 amide bonds. The van der Waals surface area contributed by atoms with Crippen LogP contribution in [-0.2, 0) is 17.4 Å². The highest BCUT2D eigenvalue weighted by molar-refractivity contribution is 5.68. The predicted octanol–water partition coefficient (Wildman–Crippen LogP) is 3.13. The molecule has 6 nitrogen and oxygen atoms in total. The molecule has 2 aromatic rings. The number of aliphatic hydroxyl groups is 1. The van der Waals surface area contributed by atoms with Crippen molar-refractivity contribution >= 4 is 5.97 Å². The monoisotopic (exact) mass is 413 g/mol. The standard InChI is InChI=1S/C20H22F3NO5/c1-12(19(28)14-3-5-15(25)6-4-14)24-9-8-13-2-7-17(29-11-18(26)27)16(10-13)20(21,22)23/h2-7,10,12,19,24-25,28H,8-9,11H2,1H3,(H,26,27)/t12-,19-/m0/s1. The molecule has 0 bridgehead atoms. The number of halogens is 3. The van der Waals surface area contributed by atoms with E-state index >= 15 is 0 Å². The average Bonchev–Trinajstić information content (AvgIpc) is 2.66. The van der Waals surface area contributed by atoms with Gasteiger partial charge in [-0.1, -0.05) is 18.2 Å². The number of aromatic hydroxyl groups is 1. The molecule has 0 saturated heterocycles. The first-order valence-corrected chi connectivity index (χ1v) is 8.83. The second-order valence-electron chi connectivity index (χ2n) is 6.54. The number of aliphatic hydroxyl groups excluding tert-OH is 1. The molecule has 9 heteroatoms. The Morgan fingerprint density at radius 3 is 2.41 bits per heavy atom. The van der Waals surface area contributed by atoms with Gasteiger partial charge in [0.15, 0.2) is 6.61 Å². The van der Waals surface area contributed by atoms with E-state index in [9.17, 15) is 28.2 Å². The van der Waals surface area contributed by atoms with Gasteiger partial charge in [-0.15, -0.1) is 0 Å². The molecule has 4 N–H and O–H groups in total. The lowest BCUT2D eigenvalue weighted by Gasteiger charge is -2.21. The van der Waals surface area contributed by atoms with Crippen LogP contribution in [0.2, 0.25) is 0 Å². The number of hydrogen-bond acceptors (Lipinski definition) is 5. The Labute approximate surface area is 165 Å². The summed E-state index contributed by atoms with van der Waals surface area (Å²) in [5.41, 5.74) is -0.0469. The molecular formula is C20H22F3NO5. The first-order chi connectivity index (χ1) is 13.6. The number of alkyl halides is 3. The molecule has 29 heavy (non-hydrogen) atoms. The van der Waals surface area contributed by atoms with E-state index in [1.807, 2.05) is 0 Å². The van der Waals surface area contributed by atoms with Crippen LogP contribution in [0.1, 0.15) is 29.7 Å². The Morgan fingerprint density at radius 2 is 1.83 bits per heavy atom. The highest BCUT2D eigenvalue weighted by Crippen LogP contribution is 2.37. The predicted molar refractivity (Wildman–Crippen MR) is 98.8 cm³/mol. The number of ether oxygens (including phenoxy) is 1. The number of nitrogens with one attached hydrogen (secondary N) is 1. The van der Waals surface area contributed by atoms with Crippen molar-refractivity contribution in [3.8, 4) is 11.5 Å². The smallest absolute Gasteiger partial charge is 0.419 e. The Morgan fingerprint density at radius 1 is 1.17 bits per heavy atom. The minimum atomic E-state index is -4.68. The molecule has 2 rings (SSSR count). The van der Waals surface area contributed by atoms with Crippen LogP contribution in [0.3, 0.4) is 0 Å². The van der Waals surface area contributed by atoms with Gasteiger partial charge in [-0.2, -0.15) is 13.2 Å². The third-order valence-electron chi connectivity index (χ3n) is 4.29. The maximum absolute atomic E-state index is 13.2. The van der Waals surface area contributed by atoms with Crippen LogP contribution in [0.4, 0.5) is 13.2 Å². The second kappa shape index (κ2) is 9.62. The van der Waals surface area contributed by atoms with Crippen molar-refractivity contribution in [2.75, 3.05) is 13.2 Å². The molecule has 0 unspecified atom stereocenters. The maximum atomic E-state index is 13.2.